The molecule has 3 heterocycles. The Balaban J connectivity index is 1.41. The predicted octanol–water partition coefficient (Wildman–Crippen LogP) is 3.04. The van der Waals surface area contributed by atoms with Crippen molar-refractivity contribution in [1.29, 1.82) is 0 Å². The van der Waals surface area contributed by atoms with Crippen LogP contribution < -0.4 is 14.4 Å². The lowest BCUT2D eigenvalue weighted by molar-refractivity contribution is -0.274. The van der Waals surface area contributed by atoms with Gasteiger partial charge in [-0.05, 0) is 36.4 Å². The normalized spacial score (nSPS) is 17.6. The Morgan fingerprint density at radius 3 is 2.69 bits per heavy atom. The first kappa shape index (κ1) is 19.1. The van der Waals surface area contributed by atoms with Crippen molar-refractivity contribution < 1.29 is 32.2 Å². The zero-order chi connectivity index (χ0) is 20.4. The van der Waals surface area contributed by atoms with E-state index in [1.807, 2.05) is 18.2 Å². The lowest BCUT2D eigenvalue weighted by Crippen LogP contribution is -2.48. The minimum Gasteiger partial charge on any atom is -0.475 e. The number of amides is 1. The van der Waals surface area contributed by atoms with Gasteiger partial charge in [-0.1, -0.05) is 6.07 Å². The van der Waals surface area contributed by atoms with Crippen LogP contribution in [0.2, 0.25) is 0 Å². The molecule has 1 aliphatic heterocycles. The number of hydrogen-bond donors (Lipinski definition) is 0. The van der Waals surface area contributed by atoms with Gasteiger partial charge >= 0.3 is 6.36 Å². The number of rotatable bonds is 5. The second kappa shape index (κ2) is 7.63. The van der Waals surface area contributed by atoms with Gasteiger partial charge in [0, 0.05) is 11.8 Å². The fourth-order valence-corrected chi connectivity index (χ4v) is 3.01. The molecule has 0 radical (unpaired) electrons. The van der Waals surface area contributed by atoms with Crippen LogP contribution >= 0.6 is 0 Å². The largest absolute Gasteiger partial charge is 0.573 e. The molecule has 4 rings (SSSR count). The van der Waals surface area contributed by atoms with E-state index in [9.17, 15) is 18.0 Å². The smallest absolute Gasteiger partial charge is 0.475 e. The monoisotopic (exact) mass is 407 g/mol. The molecule has 0 N–H and O–H groups in total. The van der Waals surface area contributed by atoms with Crippen molar-refractivity contribution in [2.75, 3.05) is 24.7 Å². The van der Waals surface area contributed by atoms with Crippen molar-refractivity contribution >= 4 is 17.1 Å². The first-order valence-electron chi connectivity index (χ1n) is 8.72. The molecule has 2 aromatic heterocycles. The van der Waals surface area contributed by atoms with Crippen molar-refractivity contribution in [2.45, 2.75) is 12.5 Å². The first-order chi connectivity index (χ1) is 13.9. The molecule has 1 amide bonds. The average molecular weight is 407 g/mol. The Bertz CT molecular complexity index is 1000. The van der Waals surface area contributed by atoms with Crippen molar-refractivity contribution in [2.24, 2.45) is 0 Å². The van der Waals surface area contributed by atoms with Crippen LogP contribution in [-0.4, -0.2) is 47.7 Å². The van der Waals surface area contributed by atoms with Crippen LogP contribution in [0.3, 0.4) is 0 Å². The zero-order valence-electron chi connectivity index (χ0n) is 15.0. The minimum absolute atomic E-state index is 0.152. The standard InChI is InChI=1S/C19H16F3N3O4/c20-19(21,22)29-15-6-4-13(5-7-15)24-10-16(27-12-17(24)26)11-28-18-3-1-2-14-8-9-23-25(14)18/h1-9,16H,10-12H2/t16-/m0/s1. The Morgan fingerprint density at radius 2 is 1.93 bits per heavy atom. The number of anilines is 1. The van der Waals surface area contributed by atoms with E-state index < -0.39 is 12.5 Å². The molecular formula is C19H16F3N3O4. The van der Waals surface area contributed by atoms with Gasteiger partial charge in [-0.3, -0.25) is 4.79 Å². The summed E-state index contributed by atoms with van der Waals surface area (Å²) in [6.07, 6.45) is -3.52. The van der Waals surface area contributed by atoms with E-state index in [1.165, 1.54) is 17.0 Å². The van der Waals surface area contributed by atoms with E-state index in [1.54, 1.807) is 16.8 Å². The number of ether oxygens (including phenoxy) is 3. The Hall–Kier alpha value is -3.27. The number of aromatic nitrogens is 2. The highest BCUT2D eigenvalue weighted by Gasteiger charge is 2.32. The maximum atomic E-state index is 12.3. The van der Waals surface area contributed by atoms with Crippen molar-refractivity contribution in [3.63, 3.8) is 0 Å². The maximum absolute atomic E-state index is 12.3. The minimum atomic E-state index is -4.77. The molecule has 1 saturated heterocycles. The SMILES string of the molecule is O=C1CO[C@H](COc2cccc3ccnn23)CN1c1ccc(OC(F)(F)F)cc1. The van der Waals surface area contributed by atoms with Gasteiger partial charge in [0.2, 0.25) is 5.88 Å². The number of morpholine rings is 1. The van der Waals surface area contributed by atoms with Gasteiger partial charge < -0.3 is 19.1 Å². The van der Waals surface area contributed by atoms with Crippen molar-refractivity contribution in [3.8, 4) is 11.6 Å². The molecule has 1 fully saturated rings. The van der Waals surface area contributed by atoms with Crippen LogP contribution in [0.15, 0.2) is 54.7 Å². The molecule has 0 saturated carbocycles. The van der Waals surface area contributed by atoms with Crippen LogP contribution in [0.5, 0.6) is 11.6 Å². The molecule has 1 aliphatic rings. The molecule has 3 aromatic rings. The molecule has 0 spiro atoms. The number of pyridine rings is 1. The lowest BCUT2D eigenvalue weighted by atomic mass is 10.2. The summed E-state index contributed by atoms with van der Waals surface area (Å²) in [5.74, 6) is -0.109. The topological polar surface area (TPSA) is 65.3 Å². The summed E-state index contributed by atoms with van der Waals surface area (Å²) in [5, 5.41) is 4.18. The number of alkyl halides is 3. The summed E-state index contributed by atoms with van der Waals surface area (Å²) in [5.41, 5.74) is 1.33. The van der Waals surface area contributed by atoms with E-state index in [-0.39, 0.29) is 31.4 Å². The quantitative estimate of drug-likeness (QED) is 0.651. The third kappa shape index (κ3) is 4.43. The number of hydrogen-bond acceptors (Lipinski definition) is 5. The molecule has 1 atom stereocenters. The summed E-state index contributed by atoms with van der Waals surface area (Å²) < 4.78 is 53.7. The van der Waals surface area contributed by atoms with Crippen LogP contribution in [0.4, 0.5) is 18.9 Å². The molecule has 0 aliphatic carbocycles. The van der Waals surface area contributed by atoms with Crippen molar-refractivity contribution in [3.05, 3.63) is 54.7 Å². The third-order valence-corrected chi connectivity index (χ3v) is 4.32. The van der Waals surface area contributed by atoms with Gasteiger partial charge in [-0.25, -0.2) is 4.52 Å². The Kier molecular flexibility index (Phi) is 5.01. The molecule has 0 unspecified atom stereocenters. The molecule has 10 heteroatoms. The average Bonchev–Trinajstić information content (AvgIpc) is 3.16. The Morgan fingerprint density at radius 1 is 1.14 bits per heavy atom. The number of carbonyl (C=O) groups is 1. The molecule has 29 heavy (non-hydrogen) atoms. The number of carbonyl (C=O) groups excluding carboxylic acids is 1. The Labute approximate surface area is 163 Å². The number of benzene rings is 1. The van der Waals surface area contributed by atoms with E-state index in [2.05, 4.69) is 9.84 Å². The van der Waals surface area contributed by atoms with E-state index in [0.29, 0.717) is 11.6 Å². The van der Waals surface area contributed by atoms with Gasteiger partial charge in [0.25, 0.3) is 5.91 Å². The molecule has 0 bridgehead atoms. The summed E-state index contributed by atoms with van der Waals surface area (Å²) in [7, 11) is 0. The maximum Gasteiger partial charge on any atom is 0.573 e. The highest BCUT2D eigenvalue weighted by molar-refractivity contribution is 5.95. The van der Waals surface area contributed by atoms with Gasteiger partial charge in [-0.15, -0.1) is 13.2 Å². The second-order valence-electron chi connectivity index (χ2n) is 6.32. The number of halogens is 3. The van der Waals surface area contributed by atoms with Gasteiger partial charge in [0.1, 0.15) is 25.1 Å². The lowest BCUT2D eigenvalue weighted by Gasteiger charge is -2.32. The fraction of sp³-hybridized carbons (Fsp3) is 0.263. The summed E-state index contributed by atoms with van der Waals surface area (Å²) in [4.78, 5) is 13.7. The summed E-state index contributed by atoms with van der Waals surface area (Å²) in [6.45, 7) is 0.228. The number of nitrogens with zero attached hydrogens (tertiary/aromatic N) is 3. The zero-order valence-corrected chi connectivity index (χ0v) is 15.0. The van der Waals surface area contributed by atoms with Crippen LogP contribution in [0.25, 0.3) is 5.52 Å². The van der Waals surface area contributed by atoms with E-state index in [0.717, 1.165) is 17.6 Å². The number of fused-ring (bicyclic) bond motifs is 1. The van der Waals surface area contributed by atoms with Gasteiger partial charge in [-0.2, -0.15) is 5.10 Å². The highest BCUT2D eigenvalue weighted by atomic mass is 19.4. The molecule has 1 aromatic carbocycles. The van der Waals surface area contributed by atoms with Crippen LogP contribution in [-0.2, 0) is 9.53 Å². The second-order valence-corrected chi connectivity index (χ2v) is 6.32. The molecule has 7 nitrogen and oxygen atoms in total. The molecule has 152 valence electrons. The van der Waals surface area contributed by atoms with Crippen molar-refractivity contribution in [1.82, 2.24) is 9.61 Å². The van der Waals surface area contributed by atoms with Crippen LogP contribution in [0.1, 0.15) is 0 Å². The van der Waals surface area contributed by atoms with Gasteiger partial charge in [0.05, 0.1) is 18.3 Å². The van der Waals surface area contributed by atoms with Gasteiger partial charge in [0.15, 0.2) is 0 Å². The fourth-order valence-electron chi connectivity index (χ4n) is 3.01. The van der Waals surface area contributed by atoms with Crippen LogP contribution in [0, 0.1) is 0 Å². The van der Waals surface area contributed by atoms with E-state index >= 15 is 0 Å². The third-order valence-electron chi connectivity index (χ3n) is 4.32. The summed E-state index contributed by atoms with van der Waals surface area (Å²) >= 11 is 0. The van der Waals surface area contributed by atoms with E-state index in [4.69, 9.17) is 9.47 Å². The highest BCUT2D eigenvalue weighted by Crippen LogP contribution is 2.26. The molecular weight excluding hydrogens is 391 g/mol. The summed E-state index contributed by atoms with van der Waals surface area (Å²) in [6, 6.07) is 12.5. The predicted molar refractivity (Wildman–Crippen MR) is 95.9 cm³/mol. The first-order valence-corrected chi connectivity index (χ1v) is 8.72.